The minimum absolute atomic E-state index is 0.0415. The summed E-state index contributed by atoms with van der Waals surface area (Å²) in [7, 11) is 0. The van der Waals surface area contributed by atoms with Crippen LogP contribution in [0.1, 0.15) is 25.0 Å². The van der Waals surface area contributed by atoms with E-state index >= 15 is 0 Å². The Kier molecular flexibility index (Phi) is 3.35. The van der Waals surface area contributed by atoms with E-state index < -0.39 is 5.41 Å². The van der Waals surface area contributed by atoms with Gasteiger partial charge in [-0.2, -0.15) is 4.99 Å². The second-order valence-corrected chi connectivity index (χ2v) is 5.13. The largest absolute Gasteiger partial charge is 0.370 e. The van der Waals surface area contributed by atoms with Crippen molar-refractivity contribution in [3.63, 3.8) is 0 Å². The van der Waals surface area contributed by atoms with Gasteiger partial charge >= 0.3 is 0 Å². The molecule has 7 N–H and O–H groups in total. The Labute approximate surface area is 117 Å². The molecule has 7 heteroatoms. The van der Waals surface area contributed by atoms with Crippen LogP contribution in [0.4, 0.5) is 5.69 Å². The Morgan fingerprint density at radius 1 is 1.30 bits per heavy atom. The smallest absolute Gasteiger partial charge is 0.230 e. The number of fused-ring (bicyclic) bond motifs is 1. The zero-order valence-electron chi connectivity index (χ0n) is 11.5. The van der Waals surface area contributed by atoms with Crippen molar-refractivity contribution in [2.24, 2.45) is 27.2 Å². The Hall–Kier alpha value is -2.57. The molecule has 0 saturated heterocycles. The van der Waals surface area contributed by atoms with Crippen LogP contribution in [0.25, 0.3) is 0 Å². The molecule has 1 amide bonds. The quantitative estimate of drug-likeness (QED) is 0.417. The highest BCUT2D eigenvalue weighted by Crippen LogP contribution is 2.37. The molecule has 1 aromatic carbocycles. The molecule has 2 rings (SSSR count). The molecular formula is C13H18N6O. The number of nitrogens with one attached hydrogen (secondary N) is 1. The Morgan fingerprint density at radius 3 is 2.65 bits per heavy atom. The number of hydrogen-bond donors (Lipinski definition) is 4. The normalized spacial score (nSPS) is 17.1. The van der Waals surface area contributed by atoms with E-state index in [1.54, 1.807) is 6.07 Å². The van der Waals surface area contributed by atoms with Crippen molar-refractivity contribution >= 4 is 23.5 Å². The zero-order valence-corrected chi connectivity index (χ0v) is 11.5. The van der Waals surface area contributed by atoms with Gasteiger partial charge in [0.2, 0.25) is 11.9 Å². The van der Waals surface area contributed by atoms with E-state index in [0.717, 1.165) is 11.1 Å². The summed E-state index contributed by atoms with van der Waals surface area (Å²) in [6.07, 6.45) is 0. The molecule has 0 bridgehead atoms. The molecule has 0 atom stereocenters. The molecular weight excluding hydrogens is 256 g/mol. The van der Waals surface area contributed by atoms with Gasteiger partial charge in [-0.05, 0) is 31.0 Å². The lowest BCUT2D eigenvalue weighted by Crippen LogP contribution is -2.44. The van der Waals surface area contributed by atoms with E-state index in [9.17, 15) is 4.79 Å². The molecule has 0 aliphatic carbocycles. The van der Waals surface area contributed by atoms with Gasteiger partial charge in [-0.3, -0.25) is 4.79 Å². The van der Waals surface area contributed by atoms with Crippen LogP contribution in [0.5, 0.6) is 0 Å². The Bertz CT molecular complexity index is 613. The van der Waals surface area contributed by atoms with Crippen LogP contribution in [-0.2, 0) is 16.8 Å². The fourth-order valence-corrected chi connectivity index (χ4v) is 2.34. The van der Waals surface area contributed by atoms with Crippen molar-refractivity contribution in [3.8, 4) is 0 Å². The molecule has 0 spiro atoms. The summed E-state index contributed by atoms with van der Waals surface area (Å²) in [6, 6.07) is 5.59. The molecule has 0 radical (unpaired) electrons. The summed E-state index contributed by atoms with van der Waals surface area (Å²) < 4.78 is 0. The van der Waals surface area contributed by atoms with E-state index in [1.165, 1.54) is 0 Å². The predicted octanol–water partition coefficient (Wildman–Crippen LogP) is -0.186. The molecule has 1 heterocycles. The lowest BCUT2D eigenvalue weighted by Gasteiger charge is -2.32. The fraction of sp³-hybridized carbons (Fsp3) is 0.308. The fourth-order valence-electron chi connectivity index (χ4n) is 2.34. The average molecular weight is 274 g/mol. The monoisotopic (exact) mass is 274 g/mol. The number of hydrogen-bond acceptors (Lipinski definition) is 2. The van der Waals surface area contributed by atoms with Crippen molar-refractivity contribution < 1.29 is 4.79 Å². The maximum absolute atomic E-state index is 12.0. The maximum atomic E-state index is 12.0. The zero-order chi connectivity index (χ0) is 14.9. The van der Waals surface area contributed by atoms with Crippen LogP contribution in [-0.4, -0.2) is 17.8 Å². The molecule has 1 aliphatic heterocycles. The van der Waals surface area contributed by atoms with E-state index in [2.05, 4.69) is 15.3 Å². The van der Waals surface area contributed by atoms with Crippen molar-refractivity contribution in [2.75, 3.05) is 0 Å². The first-order valence-corrected chi connectivity index (χ1v) is 6.17. The number of carbonyl (C=O) groups excluding carboxylic acids is 1. The number of rotatable bonds is 1. The first-order chi connectivity index (χ1) is 9.32. The number of nitrogens with zero attached hydrogens (tertiary/aromatic N) is 2. The highest BCUT2D eigenvalue weighted by atomic mass is 16.2. The van der Waals surface area contributed by atoms with Gasteiger partial charge in [0.1, 0.15) is 0 Å². The molecule has 106 valence electrons. The van der Waals surface area contributed by atoms with Crippen LogP contribution in [0.3, 0.4) is 0 Å². The van der Waals surface area contributed by atoms with Gasteiger partial charge < -0.3 is 22.5 Å². The number of nitrogens with two attached hydrogens (primary N) is 3. The van der Waals surface area contributed by atoms with Crippen molar-refractivity contribution in [1.82, 2.24) is 5.32 Å². The van der Waals surface area contributed by atoms with Gasteiger partial charge in [-0.15, -0.1) is 0 Å². The van der Waals surface area contributed by atoms with Crippen molar-refractivity contribution in [3.05, 3.63) is 29.3 Å². The topological polar surface area (TPSA) is 132 Å². The minimum atomic E-state index is -0.689. The van der Waals surface area contributed by atoms with E-state index in [0.29, 0.717) is 12.2 Å². The average Bonchev–Trinajstić information content (AvgIpc) is 2.33. The summed E-state index contributed by atoms with van der Waals surface area (Å²) in [5.41, 5.74) is 18.0. The second kappa shape index (κ2) is 4.84. The summed E-state index contributed by atoms with van der Waals surface area (Å²) in [6.45, 7) is 4.16. The lowest BCUT2D eigenvalue weighted by atomic mass is 9.77. The van der Waals surface area contributed by atoms with Gasteiger partial charge in [0.05, 0.1) is 11.1 Å². The predicted molar refractivity (Wildman–Crippen MR) is 78.4 cm³/mol. The van der Waals surface area contributed by atoms with Crippen LogP contribution >= 0.6 is 0 Å². The van der Waals surface area contributed by atoms with Gasteiger partial charge in [0.15, 0.2) is 5.96 Å². The van der Waals surface area contributed by atoms with Gasteiger partial charge in [-0.1, -0.05) is 12.1 Å². The lowest BCUT2D eigenvalue weighted by molar-refractivity contribution is -0.126. The highest BCUT2D eigenvalue weighted by Gasteiger charge is 2.37. The number of aliphatic imine (C=N–C) groups is 2. The Balaban J connectivity index is 2.58. The van der Waals surface area contributed by atoms with E-state index in [-0.39, 0.29) is 17.8 Å². The van der Waals surface area contributed by atoms with E-state index in [1.807, 2.05) is 26.0 Å². The Morgan fingerprint density at radius 2 is 2.00 bits per heavy atom. The second-order valence-electron chi connectivity index (χ2n) is 5.13. The first kappa shape index (κ1) is 13.9. The molecule has 7 nitrogen and oxygen atoms in total. The van der Waals surface area contributed by atoms with Crippen LogP contribution in [0.15, 0.2) is 28.2 Å². The summed E-state index contributed by atoms with van der Waals surface area (Å²) in [5.74, 6) is -0.249. The number of guanidine groups is 2. The first-order valence-electron chi connectivity index (χ1n) is 6.17. The molecule has 0 aromatic heterocycles. The third-order valence-corrected chi connectivity index (χ3v) is 3.24. The molecule has 0 saturated carbocycles. The maximum Gasteiger partial charge on any atom is 0.230 e. The molecule has 1 aromatic rings. The SMILES string of the molecule is CC1(C)C(=O)NCc2cccc(N=C(N)N=C(N)N)c21. The number of benzene rings is 1. The molecule has 0 fully saturated rings. The van der Waals surface area contributed by atoms with E-state index in [4.69, 9.17) is 17.2 Å². The highest BCUT2D eigenvalue weighted by molar-refractivity contribution is 5.95. The molecule has 0 unspecified atom stereocenters. The standard InChI is InChI=1S/C13H18N6O/c1-13(2)9-7(6-17-10(13)20)4-3-5-8(9)18-12(16)19-11(14)15/h3-5H,6H2,1-2H3,(H,17,20)(H6,14,15,16,18,19). The third kappa shape index (κ3) is 2.42. The summed E-state index contributed by atoms with van der Waals surface area (Å²) in [4.78, 5) is 19.9. The van der Waals surface area contributed by atoms with Gasteiger partial charge in [-0.25, -0.2) is 4.99 Å². The van der Waals surface area contributed by atoms with Crippen molar-refractivity contribution in [1.29, 1.82) is 0 Å². The van der Waals surface area contributed by atoms with Crippen LogP contribution < -0.4 is 22.5 Å². The minimum Gasteiger partial charge on any atom is -0.370 e. The van der Waals surface area contributed by atoms with Crippen LogP contribution in [0, 0.1) is 0 Å². The number of amides is 1. The summed E-state index contributed by atoms with van der Waals surface area (Å²) in [5, 5.41) is 2.86. The number of carbonyl (C=O) groups is 1. The van der Waals surface area contributed by atoms with Crippen molar-refractivity contribution in [2.45, 2.75) is 25.8 Å². The molecule has 1 aliphatic rings. The summed E-state index contributed by atoms with van der Waals surface area (Å²) >= 11 is 0. The van der Waals surface area contributed by atoms with Crippen LogP contribution in [0.2, 0.25) is 0 Å². The molecule has 20 heavy (non-hydrogen) atoms. The van der Waals surface area contributed by atoms with Gasteiger partial charge in [0.25, 0.3) is 0 Å². The van der Waals surface area contributed by atoms with Gasteiger partial charge in [0, 0.05) is 6.54 Å². The third-order valence-electron chi connectivity index (χ3n) is 3.24.